The number of carbonyl (C=O) groups excluding carboxylic acids is 1. The Labute approximate surface area is 129 Å². The zero-order valence-corrected chi connectivity index (χ0v) is 14.2. The molecule has 0 bridgehead atoms. The number of carbonyl (C=O) groups is 1. The van der Waals surface area contributed by atoms with Crippen molar-refractivity contribution in [3.8, 4) is 0 Å². The van der Waals surface area contributed by atoms with Gasteiger partial charge in [-0.1, -0.05) is 85.9 Å². The molecule has 1 atom stereocenters. The minimum atomic E-state index is -1.75. The van der Waals surface area contributed by atoms with Gasteiger partial charge in [-0.05, 0) is 11.1 Å². The molecule has 1 nitrogen and oxygen atoms in total. The smallest absolute Gasteiger partial charge is 0.132 e. The van der Waals surface area contributed by atoms with Gasteiger partial charge in [0.25, 0.3) is 0 Å². The quantitative estimate of drug-likeness (QED) is 0.727. The van der Waals surface area contributed by atoms with Crippen molar-refractivity contribution in [1.29, 1.82) is 0 Å². The van der Waals surface area contributed by atoms with E-state index in [9.17, 15) is 4.79 Å². The van der Waals surface area contributed by atoms with Crippen LogP contribution < -0.4 is 5.19 Å². The second-order valence-corrected chi connectivity index (χ2v) is 10.9. The number of rotatable bonds is 6. The van der Waals surface area contributed by atoms with Crippen LogP contribution in [0.3, 0.4) is 0 Å². The van der Waals surface area contributed by atoms with E-state index in [1.54, 1.807) is 0 Å². The van der Waals surface area contributed by atoms with E-state index in [4.69, 9.17) is 0 Å². The molecule has 2 aromatic carbocycles. The molecule has 110 valence electrons. The van der Waals surface area contributed by atoms with Crippen molar-refractivity contribution in [2.24, 2.45) is 0 Å². The van der Waals surface area contributed by atoms with E-state index < -0.39 is 8.07 Å². The first-order chi connectivity index (χ1) is 10.1. The first kappa shape index (κ1) is 15.7. The molecule has 0 aliphatic carbocycles. The molecule has 0 aliphatic rings. The van der Waals surface area contributed by atoms with Crippen molar-refractivity contribution >= 4 is 19.0 Å². The standard InChI is InChI=1S/C19H24OSi/c1-4-17(20)15-19(16-11-7-5-8-12-16)21(2,3)18-13-9-6-10-14-18/h5-14,19H,4,15H2,1-3H3/t19-/m0/s1. The third-order valence-electron chi connectivity index (χ3n) is 4.42. The molecule has 0 aromatic heterocycles. The highest BCUT2D eigenvalue weighted by Gasteiger charge is 2.35. The van der Waals surface area contributed by atoms with Crippen LogP contribution in [-0.2, 0) is 4.79 Å². The van der Waals surface area contributed by atoms with Crippen LogP contribution >= 0.6 is 0 Å². The second-order valence-electron chi connectivity index (χ2n) is 6.15. The highest BCUT2D eigenvalue weighted by Crippen LogP contribution is 2.30. The van der Waals surface area contributed by atoms with Crippen LogP contribution in [0.15, 0.2) is 60.7 Å². The molecule has 21 heavy (non-hydrogen) atoms. The summed E-state index contributed by atoms with van der Waals surface area (Å²) in [5.41, 5.74) is 1.65. The molecule has 2 heteroatoms. The third kappa shape index (κ3) is 3.70. The Morgan fingerprint density at radius 1 is 0.952 bits per heavy atom. The summed E-state index contributed by atoms with van der Waals surface area (Å²) in [6.07, 6.45) is 1.29. The minimum Gasteiger partial charge on any atom is -0.300 e. The Morgan fingerprint density at radius 2 is 1.48 bits per heavy atom. The fourth-order valence-corrected chi connectivity index (χ4v) is 6.13. The van der Waals surface area contributed by atoms with Crippen LogP contribution in [0.2, 0.25) is 13.1 Å². The van der Waals surface area contributed by atoms with Gasteiger partial charge in [-0.2, -0.15) is 0 Å². The molecule has 2 aromatic rings. The van der Waals surface area contributed by atoms with Gasteiger partial charge in [0.15, 0.2) is 0 Å². The average Bonchev–Trinajstić information content (AvgIpc) is 2.53. The third-order valence-corrected chi connectivity index (χ3v) is 8.52. The van der Waals surface area contributed by atoms with Gasteiger partial charge in [0.05, 0.1) is 8.07 Å². The van der Waals surface area contributed by atoms with Gasteiger partial charge >= 0.3 is 0 Å². The van der Waals surface area contributed by atoms with Crippen molar-refractivity contribution in [3.05, 3.63) is 66.2 Å². The van der Waals surface area contributed by atoms with Crippen LogP contribution in [-0.4, -0.2) is 13.9 Å². The maximum atomic E-state index is 12.1. The highest BCUT2D eigenvalue weighted by atomic mass is 28.3. The van der Waals surface area contributed by atoms with E-state index in [1.165, 1.54) is 10.8 Å². The van der Waals surface area contributed by atoms with Crippen molar-refractivity contribution in [2.45, 2.75) is 38.4 Å². The SMILES string of the molecule is CCC(=O)C[C@@H](c1ccccc1)[Si](C)(C)c1ccccc1. The van der Waals surface area contributed by atoms with E-state index in [0.717, 1.165) is 0 Å². The Balaban J connectivity index is 2.41. The maximum Gasteiger partial charge on any atom is 0.132 e. The van der Waals surface area contributed by atoms with Gasteiger partial charge in [-0.25, -0.2) is 0 Å². The van der Waals surface area contributed by atoms with Crippen molar-refractivity contribution in [3.63, 3.8) is 0 Å². The molecule has 0 fully saturated rings. The molecule has 0 saturated carbocycles. The molecule has 0 amide bonds. The Morgan fingerprint density at radius 3 is 2.00 bits per heavy atom. The lowest BCUT2D eigenvalue weighted by atomic mass is 10.1. The van der Waals surface area contributed by atoms with Crippen molar-refractivity contribution in [2.75, 3.05) is 0 Å². The fourth-order valence-electron chi connectivity index (χ4n) is 2.92. The summed E-state index contributed by atoms with van der Waals surface area (Å²) < 4.78 is 0. The number of ketones is 1. The largest absolute Gasteiger partial charge is 0.300 e. The first-order valence-corrected chi connectivity index (χ1v) is 10.8. The Kier molecular flexibility index (Phi) is 5.13. The first-order valence-electron chi connectivity index (χ1n) is 7.68. The van der Waals surface area contributed by atoms with Crippen LogP contribution in [0.4, 0.5) is 0 Å². The summed E-state index contributed by atoms with van der Waals surface area (Å²) >= 11 is 0. The Bertz CT molecular complexity index is 575. The van der Waals surface area contributed by atoms with E-state index in [1.807, 2.05) is 13.0 Å². The van der Waals surface area contributed by atoms with Gasteiger partial charge in [0.1, 0.15) is 5.78 Å². The number of hydrogen-bond donors (Lipinski definition) is 0. The summed E-state index contributed by atoms with van der Waals surface area (Å²) in [6.45, 7) is 6.72. The lowest BCUT2D eigenvalue weighted by Crippen LogP contribution is -2.48. The van der Waals surface area contributed by atoms with Gasteiger partial charge < -0.3 is 0 Å². The summed E-state index contributed by atoms with van der Waals surface area (Å²) in [5, 5.41) is 1.42. The summed E-state index contributed by atoms with van der Waals surface area (Å²) in [5.74, 6) is 0.361. The molecule has 0 spiro atoms. The molecule has 0 heterocycles. The number of hydrogen-bond acceptors (Lipinski definition) is 1. The number of benzene rings is 2. The van der Waals surface area contributed by atoms with E-state index in [-0.39, 0.29) is 0 Å². The predicted molar refractivity (Wildman–Crippen MR) is 92.7 cm³/mol. The predicted octanol–water partition coefficient (Wildman–Crippen LogP) is 4.29. The normalized spacial score (nSPS) is 12.9. The fraction of sp³-hybridized carbons (Fsp3) is 0.316. The lowest BCUT2D eigenvalue weighted by molar-refractivity contribution is -0.118. The lowest BCUT2D eigenvalue weighted by Gasteiger charge is -2.33. The molecule has 0 N–H and O–H groups in total. The van der Waals surface area contributed by atoms with Crippen molar-refractivity contribution < 1.29 is 4.79 Å². The summed E-state index contributed by atoms with van der Waals surface area (Å²) in [7, 11) is -1.75. The van der Waals surface area contributed by atoms with Gasteiger partial charge in [-0.15, -0.1) is 0 Å². The molecule has 0 radical (unpaired) electrons. The molecule has 0 saturated heterocycles. The Hall–Kier alpha value is -1.67. The summed E-state index contributed by atoms with van der Waals surface area (Å²) in [6, 6.07) is 21.2. The minimum absolute atomic E-state index is 0.341. The van der Waals surface area contributed by atoms with Crippen LogP contribution in [0.25, 0.3) is 0 Å². The zero-order chi connectivity index (χ0) is 15.3. The highest BCUT2D eigenvalue weighted by molar-refractivity contribution is 6.91. The molecule has 2 rings (SSSR count). The molecular formula is C19H24OSi. The van der Waals surface area contributed by atoms with E-state index in [0.29, 0.717) is 24.2 Å². The van der Waals surface area contributed by atoms with E-state index >= 15 is 0 Å². The molecular weight excluding hydrogens is 272 g/mol. The van der Waals surface area contributed by atoms with Gasteiger partial charge in [-0.3, -0.25) is 4.79 Å². The van der Waals surface area contributed by atoms with E-state index in [2.05, 4.69) is 67.7 Å². The van der Waals surface area contributed by atoms with Crippen LogP contribution in [0.1, 0.15) is 30.9 Å². The number of Topliss-reactive ketones (excluding diaryl/α,β-unsaturated/α-hetero) is 1. The van der Waals surface area contributed by atoms with Crippen LogP contribution in [0, 0.1) is 0 Å². The van der Waals surface area contributed by atoms with Crippen LogP contribution in [0.5, 0.6) is 0 Å². The van der Waals surface area contributed by atoms with Crippen molar-refractivity contribution in [1.82, 2.24) is 0 Å². The monoisotopic (exact) mass is 296 g/mol. The van der Waals surface area contributed by atoms with Gasteiger partial charge in [0.2, 0.25) is 0 Å². The molecule has 0 aliphatic heterocycles. The summed E-state index contributed by atoms with van der Waals surface area (Å²) in [4.78, 5) is 12.1. The molecule has 0 unspecified atom stereocenters. The second kappa shape index (κ2) is 6.86. The maximum absolute atomic E-state index is 12.1. The van der Waals surface area contributed by atoms with Gasteiger partial charge in [0, 0.05) is 12.8 Å². The topological polar surface area (TPSA) is 17.1 Å². The zero-order valence-electron chi connectivity index (χ0n) is 13.2. The average molecular weight is 296 g/mol.